The molecule has 0 N–H and O–H groups in total. The van der Waals surface area contributed by atoms with Gasteiger partial charge in [0.2, 0.25) is 0 Å². The molecule has 0 bridgehead atoms. The van der Waals surface area contributed by atoms with Crippen molar-refractivity contribution in [3.05, 3.63) is 54.6 Å². The monoisotopic (exact) mass is 242 g/mol. The van der Waals surface area contributed by atoms with Crippen LogP contribution in [-0.4, -0.2) is 11.7 Å². The summed E-state index contributed by atoms with van der Waals surface area (Å²) in [6, 6.07) is 14.4. The third-order valence-electron chi connectivity index (χ3n) is 2.62. The first-order chi connectivity index (χ1) is 8.22. The minimum Gasteiger partial charge on any atom is -0.483 e. The van der Waals surface area contributed by atoms with Gasteiger partial charge in [-0.3, -0.25) is 0 Å². The van der Waals surface area contributed by atoms with Crippen LogP contribution in [0.3, 0.4) is 0 Å². The summed E-state index contributed by atoms with van der Waals surface area (Å²) >= 11 is 5.16. The Hall–Kier alpha value is -1.67. The van der Waals surface area contributed by atoms with Gasteiger partial charge in [0.05, 0.1) is 6.61 Å². The maximum atomic E-state index is 5.30. The molecule has 2 aromatic rings. The van der Waals surface area contributed by atoms with Gasteiger partial charge >= 0.3 is 0 Å². The lowest BCUT2D eigenvalue weighted by Gasteiger charge is -2.09. The zero-order valence-electron chi connectivity index (χ0n) is 9.77. The number of ether oxygens (including phenoxy) is 1. The largest absolute Gasteiger partial charge is 0.483 e. The molecule has 0 aliphatic carbocycles. The van der Waals surface area contributed by atoms with E-state index in [1.54, 1.807) is 0 Å². The van der Waals surface area contributed by atoms with Crippen molar-refractivity contribution in [3.8, 4) is 0 Å². The molecule has 0 unspecified atom stereocenters. The Morgan fingerprint density at radius 3 is 2.59 bits per heavy atom. The molecule has 17 heavy (non-hydrogen) atoms. The first-order valence-corrected chi connectivity index (χ1v) is 5.98. The van der Waals surface area contributed by atoms with Gasteiger partial charge in [-0.2, -0.15) is 0 Å². The molecular weight excluding hydrogens is 228 g/mol. The van der Waals surface area contributed by atoms with E-state index in [1.165, 1.54) is 10.8 Å². The molecule has 0 saturated heterocycles. The number of thiocarbonyl (C=S) groups is 1. The molecule has 0 saturated carbocycles. The number of rotatable bonds is 3. The highest BCUT2D eigenvalue weighted by atomic mass is 32.1. The van der Waals surface area contributed by atoms with Gasteiger partial charge in [0.1, 0.15) is 0 Å². The standard InChI is InChI=1S/C15H14OS/c1-3-16-15(17)11(2)13-9-8-12-6-4-5-7-14(12)10-13/h4-10H,2-3H2,1H3. The van der Waals surface area contributed by atoms with E-state index in [2.05, 4.69) is 30.8 Å². The average Bonchev–Trinajstić information content (AvgIpc) is 2.37. The maximum absolute atomic E-state index is 5.30. The predicted molar refractivity (Wildman–Crippen MR) is 77.2 cm³/mol. The molecule has 2 heteroatoms. The van der Waals surface area contributed by atoms with E-state index >= 15 is 0 Å². The first-order valence-electron chi connectivity index (χ1n) is 5.57. The van der Waals surface area contributed by atoms with Crippen molar-refractivity contribution in [2.75, 3.05) is 6.61 Å². The third kappa shape index (κ3) is 2.53. The van der Waals surface area contributed by atoms with Crippen LogP contribution in [0.1, 0.15) is 12.5 Å². The topological polar surface area (TPSA) is 9.23 Å². The van der Waals surface area contributed by atoms with Crippen LogP contribution in [0, 0.1) is 0 Å². The van der Waals surface area contributed by atoms with Gasteiger partial charge in [0.15, 0.2) is 5.05 Å². The molecular formula is C15H14OS. The zero-order valence-corrected chi connectivity index (χ0v) is 10.6. The lowest BCUT2D eigenvalue weighted by molar-refractivity contribution is 0.341. The quantitative estimate of drug-likeness (QED) is 0.589. The summed E-state index contributed by atoms with van der Waals surface area (Å²) in [5.74, 6) is 0. The Balaban J connectivity index is 2.36. The first kappa shape index (κ1) is 11.8. The highest BCUT2D eigenvalue weighted by Gasteiger charge is 2.06. The van der Waals surface area contributed by atoms with Gasteiger partial charge in [-0.05, 0) is 41.5 Å². The summed E-state index contributed by atoms with van der Waals surface area (Å²) in [5.41, 5.74) is 1.79. The van der Waals surface area contributed by atoms with Crippen molar-refractivity contribution in [1.82, 2.24) is 0 Å². The van der Waals surface area contributed by atoms with E-state index in [1.807, 2.05) is 25.1 Å². The fourth-order valence-corrected chi connectivity index (χ4v) is 1.95. The fraction of sp³-hybridized carbons (Fsp3) is 0.133. The Kier molecular flexibility index (Phi) is 3.55. The molecule has 0 amide bonds. The van der Waals surface area contributed by atoms with Gasteiger partial charge in [-0.25, -0.2) is 0 Å². The summed E-state index contributed by atoms with van der Waals surface area (Å²) in [6.45, 7) is 6.48. The van der Waals surface area contributed by atoms with Crippen LogP contribution in [0.25, 0.3) is 16.3 Å². The number of benzene rings is 2. The van der Waals surface area contributed by atoms with Crippen molar-refractivity contribution in [2.45, 2.75) is 6.92 Å². The second-order valence-electron chi connectivity index (χ2n) is 3.76. The molecule has 0 radical (unpaired) electrons. The third-order valence-corrected chi connectivity index (χ3v) is 2.98. The van der Waals surface area contributed by atoms with E-state index in [9.17, 15) is 0 Å². The molecule has 2 aromatic carbocycles. The van der Waals surface area contributed by atoms with E-state index in [-0.39, 0.29) is 0 Å². The Morgan fingerprint density at radius 1 is 1.18 bits per heavy atom. The zero-order chi connectivity index (χ0) is 12.3. The molecule has 0 spiro atoms. The maximum Gasteiger partial charge on any atom is 0.191 e. The van der Waals surface area contributed by atoms with Gasteiger partial charge < -0.3 is 4.74 Å². The summed E-state index contributed by atoms with van der Waals surface area (Å²) in [7, 11) is 0. The summed E-state index contributed by atoms with van der Waals surface area (Å²) < 4.78 is 5.30. The summed E-state index contributed by atoms with van der Waals surface area (Å²) in [5, 5.41) is 2.87. The van der Waals surface area contributed by atoms with Crippen LogP contribution in [-0.2, 0) is 4.74 Å². The van der Waals surface area contributed by atoms with Gasteiger partial charge in [-0.15, -0.1) is 0 Å². The lowest BCUT2D eigenvalue weighted by atomic mass is 10.0. The minimum absolute atomic E-state index is 0.475. The van der Waals surface area contributed by atoms with Crippen molar-refractivity contribution in [3.63, 3.8) is 0 Å². The smallest absolute Gasteiger partial charge is 0.191 e. The van der Waals surface area contributed by atoms with Crippen molar-refractivity contribution in [1.29, 1.82) is 0 Å². The number of hydrogen-bond acceptors (Lipinski definition) is 2. The van der Waals surface area contributed by atoms with Crippen LogP contribution in [0.15, 0.2) is 49.0 Å². The summed E-state index contributed by atoms with van der Waals surface area (Å²) in [4.78, 5) is 0. The molecule has 1 nitrogen and oxygen atoms in total. The van der Waals surface area contributed by atoms with Gasteiger partial charge in [0.25, 0.3) is 0 Å². The highest BCUT2D eigenvalue weighted by molar-refractivity contribution is 7.81. The van der Waals surface area contributed by atoms with Crippen LogP contribution in [0.5, 0.6) is 0 Å². The lowest BCUT2D eigenvalue weighted by Crippen LogP contribution is -2.03. The van der Waals surface area contributed by atoms with Gasteiger partial charge in [0, 0.05) is 5.57 Å². The van der Waals surface area contributed by atoms with Crippen LogP contribution < -0.4 is 0 Å². The van der Waals surface area contributed by atoms with E-state index in [0.29, 0.717) is 11.7 Å². The molecule has 0 atom stereocenters. The highest BCUT2D eigenvalue weighted by Crippen LogP contribution is 2.21. The molecule has 0 aromatic heterocycles. The Bertz CT molecular complexity index is 572. The molecule has 2 rings (SSSR count). The normalized spacial score (nSPS) is 10.2. The van der Waals surface area contributed by atoms with Crippen molar-refractivity contribution < 1.29 is 4.74 Å². The predicted octanol–water partition coefficient (Wildman–Crippen LogP) is 4.22. The van der Waals surface area contributed by atoms with E-state index in [4.69, 9.17) is 17.0 Å². The molecule has 0 aliphatic heterocycles. The minimum atomic E-state index is 0.475. The molecule has 0 heterocycles. The molecule has 0 aliphatic rings. The summed E-state index contributed by atoms with van der Waals surface area (Å²) in [6.07, 6.45) is 0. The second-order valence-corrected chi connectivity index (χ2v) is 4.13. The number of hydrogen-bond donors (Lipinski definition) is 0. The van der Waals surface area contributed by atoms with Crippen LogP contribution in [0.4, 0.5) is 0 Å². The second kappa shape index (κ2) is 5.11. The van der Waals surface area contributed by atoms with Crippen molar-refractivity contribution >= 4 is 33.6 Å². The molecule has 86 valence electrons. The fourth-order valence-electron chi connectivity index (χ4n) is 1.71. The average molecular weight is 242 g/mol. The SMILES string of the molecule is C=C(C(=S)OCC)c1ccc2ccccc2c1. The number of fused-ring (bicyclic) bond motifs is 1. The van der Waals surface area contributed by atoms with E-state index < -0.39 is 0 Å². The molecule has 0 fully saturated rings. The van der Waals surface area contributed by atoms with Gasteiger partial charge in [-0.1, -0.05) is 43.0 Å². The van der Waals surface area contributed by atoms with Crippen molar-refractivity contribution in [2.24, 2.45) is 0 Å². The van der Waals surface area contributed by atoms with E-state index in [0.717, 1.165) is 11.1 Å². The Morgan fingerprint density at radius 2 is 1.88 bits per heavy atom. The van der Waals surface area contributed by atoms with Crippen LogP contribution in [0.2, 0.25) is 0 Å². The van der Waals surface area contributed by atoms with Crippen LogP contribution >= 0.6 is 12.2 Å². The Labute approximate surface area is 107 Å².